The van der Waals surface area contributed by atoms with Crippen LogP contribution in [0.4, 0.5) is 0 Å². The van der Waals surface area contributed by atoms with E-state index in [0.717, 1.165) is 60.9 Å². The Morgan fingerprint density at radius 1 is 1.09 bits per heavy atom. The summed E-state index contributed by atoms with van der Waals surface area (Å²) in [4.78, 5) is 9.50. The van der Waals surface area contributed by atoms with Crippen molar-refractivity contribution in [3.8, 4) is 5.69 Å². The van der Waals surface area contributed by atoms with Crippen LogP contribution in [0.25, 0.3) is 5.69 Å². The standard InChI is InChI=1S/C27H32ClN5OS/c1-18-7-8-21(28)17-24(18)33-19(2)16-22(20(33)3)26-25(23-6-4-5-9-29-23)30-27(35)32(26)11-10-31-12-14-34-15-13-31/h4-9,16-17,25-26H,10-15H2,1-3H3,(H,30,35). The molecule has 2 aromatic heterocycles. The normalized spacial score (nSPS) is 20.9. The monoisotopic (exact) mass is 509 g/mol. The highest BCUT2D eigenvalue weighted by Gasteiger charge is 2.41. The highest BCUT2D eigenvalue weighted by Crippen LogP contribution is 2.41. The molecule has 2 saturated heterocycles. The van der Waals surface area contributed by atoms with E-state index in [9.17, 15) is 0 Å². The van der Waals surface area contributed by atoms with Crippen molar-refractivity contribution >= 4 is 28.9 Å². The van der Waals surface area contributed by atoms with Gasteiger partial charge in [0.15, 0.2) is 5.11 Å². The highest BCUT2D eigenvalue weighted by atomic mass is 35.5. The Bertz CT molecular complexity index is 1210. The van der Waals surface area contributed by atoms with Crippen LogP contribution >= 0.6 is 23.8 Å². The van der Waals surface area contributed by atoms with E-state index < -0.39 is 0 Å². The molecule has 6 nitrogen and oxygen atoms in total. The van der Waals surface area contributed by atoms with Crippen LogP contribution in [0.3, 0.4) is 0 Å². The van der Waals surface area contributed by atoms with Crippen LogP contribution in [0.2, 0.25) is 5.02 Å². The van der Waals surface area contributed by atoms with Gasteiger partial charge < -0.3 is 19.5 Å². The van der Waals surface area contributed by atoms with Crippen molar-refractivity contribution < 1.29 is 4.74 Å². The van der Waals surface area contributed by atoms with Gasteiger partial charge in [-0.15, -0.1) is 0 Å². The fourth-order valence-corrected chi connectivity index (χ4v) is 5.84. The van der Waals surface area contributed by atoms with E-state index in [1.54, 1.807) is 0 Å². The zero-order valence-corrected chi connectivity index (χ0v) is 22.1. The number of nitrogens with zero attached hydrogens (tertiary/aromatic N) is 4. The summed E-state index contributed by atoms with van der Waals surface area (Å²) in [5, 5.41) is 5.11. The molecule has 2 aliphatic heterocycles. The average Bonchev–Trinajstić information content (AvgIpc) is 3.35. The molecule has 2 fully saturated rings. The van der Waals surface area contributed by atoms with Crippen molar-refractivity contribution in [2.45, 2.75) is 32.9 Å². The van der Waals surface area contributed by atoms with Crippen LogP contribution in [0.1, 0.15) is 40.3 Å². The Kier molecular flexibility index (Phi) is 7.12. The maximum Gasteiger partial charge on any atom is 0.170 e. The number of aromatic nitrogens is 2. The number of ether oxygens (including phenoxy) is 1. The van der Waals surface area contributed by atoms with E-state index in [0.29, 0.717) is 0 Å². The first-order chi connectivity index (χ1) is 16.9. The predicted octanol–water partition coefficient (Wildman–Crippen LogP) is 4.76. The van der Waals surface area contributed by atoms with Crippen molar-refractivity contribution in [3.63, 3.8) is 0 Å². The molecule has 0 bridgehead atoms. The molecule has 184 valence electrons. The first-order valence-corrected chi connectivity index (χ1v) is 13.0. The molecule has 4 heterocycles. The van der Waals surface area contributed by atoms with E-state index in [1.165, 1.54) is 22.5 Å². The van der Waals surface area contributed by atoms with E-state index >= 15 is 0 Å². The van der Waals surface area contributed by atoms with Crippen LogP contribution in [-0.2, 0) is 4.74 Å². The van der Waals surface area contributed by atoms with Gasteiger partial charge in [-0.1, -0.05) is 23.7 Å². The Morgan fingerprint density at radius 3 is 2.63 bits per heavy atom. The van der Waals surface area contributed by atoms with Gasteiger partial charge in [-0.25, -0.2) is 0 Å². The van der Waals surface area contributed by atoms with Gasteiger partial charge in [0.05, 0.1) is 31.0 Å². The number of halogens is 1. The molecule has 2 unspecified atom stereocenters. The summed E-state index contributed by atoms with van der Waals surface area (Å²) in [6.07, 6.45) is 1.85. The number of nitrogens with one attached hydrogen (secondary N) is 1. The van der Waals surface area contributed by atoms with Gasteiger partial charge in [0.1, 0.15) is 0 Å². The minimum Gasteiger partial charge on any atom is -0.379 e. The van der Waals surface area contributed by atoms with Gasteiger partial charge in [-0.2, -0.15) is 0 Å². The fraction of sp³-hybridized carbons (Fsp3) is 0.407. The lowest BCUT2D eigenvalue weighted by molar-refractivity contribution is 0.0350. The molecule has 0 radical (unpaired) electrons. The summed E-state index contributed by atoms with van der Waals surface area (Å²) in [5.41, 5.74) is 6.93. The zero-order valence-electron chi connectivity index (χ0n) is 20.5. The van der Waals surface area contributed by atoms with E-state index in [1.807, 2.05) is 30.5 Å². The molecule has 0 amide bonds. The smallest absolute Gasteiger partial charge is 0.170 e. The van der Waals surface area contributed by atoms with Crippen LogP contribution in [0, 0.1) is 20.8 Å². The van der Waals surface area contributed by atoms with E-state index in [-0.39, 0.29) is 12.1 Å². The summed E-state index contributed by atoms with van der Waals surface area (Å²) in [6, 6.07) is 14.5. The second-order valence-corrected chi connectivity index (χ2v) is 10.2. The molecule has 0 spiro atoms. The lowest BCUT2D eigenvalue weighted by atomic mass is 9.96. The molecule has 5 rings (SSSR count). The number of morpholine rings is 1. The van der Waals surface area contributed by atoms with Crippen molar-refractivity contribution in [2.75, 3.05) is 39.4 Å². The second-order valence-electron chi connectivity index (χ2n) is 9.37. The molecule has 1 N–H and O–H groups in total. The van der Waals surface area contributed by atoms with Gasteiger partial charge in [-0.3, -0.25) is 9.88 Å². The fourth-order valence-electron chi connectivity index (χ4n) is 5.34. The summed E-state index contributed by atoms with van der Waals surface area (Å²) in [5.74, 6) is 0. The Hall–Kier alpha value is -2.45. The first-order valence-electron chi connectivity index (χ1n) is 12.2. The third-order valence-electron chi connectivity index (χ3n) is 7.16. The summed E-state index contributed by atoms with van der Waals surface area (Å²) in [7, 11) is 0. The van der Waals surface area contributed by atoms with Gasteiger partial charge in [0.25, 0.3) is 0 Å². The number of aryl methyl sites for hydroxylation is 2. The van der Waals surface area contributed by atoms with Crippen molar-refractivity contribution in [1.82, 2.24) is 24.7 Å². The minimum absolute atomic E-state index is 0.0252. The third kappa shape index (κ3) is 4.83. The van der Waals surface area contributed by atoms with Gasteiger partial charge in [-0.05, 0) is 74.4 Å². The number of benzene rings is 1. The van der Waals surface area contributed by atoms with E-state index in [4.69, 9.17) is 33.5 Å². The number of thiocarbonyl (C=S) groups is 1. The first kappa shape index (κ1) is 24.3. The van der Waals surface area contributed by atoms with Gasteiger partial charge >= 0.3 is 0 Å². The van der Waals surface area contributed by atoms with Crippen LogP contribution in [0.5, 0.6) is 0 Å². The van der Waals surface area contributed by atoms with Crippen molar-refractivity contribution in [2.24, 2.45) is 0 Å². The largest absolute Gasteiger partial charge is 0.379 e. The number of hydrogen-bond acceptors (Lipinski definition) is 4. The molecule has 8 heteroatoms. The van der Waals surface area contributed by atoms with Crippen LogP contribution in [0.15, 0.2) is 48.7 Å². The quantitative estimate of drug-likeness (QED) is 0.484. The molecule has 2 atom stereocenters. The topological polar surface area (TPSA) is 45.6 Å². The lowest BCUT2D eigenvalue weighted by Gasteiger charge is -2.32. The third-order valence-corrected chi connectivity index (χ3v) is 7.75. The summed E-state index contributed by atoms with van der Waals surface area (Å²) < 4.78 is 7.85. The molecule has 2 aliphatic rings. The summed E-state index contributed by atoms with van der Waals surface area (Å²) in [6.45, 7) is 11.8. The maximum absolute atomic E-state index is 6.40. The minimum atomic E-state index is -0.0252. The van der Waals surface area contributed by atoms with Crippen molar-refractivity contribution in [1.29, 1.82) is 0 Å². The van der Waals surface area contributed by atoms with Crippen molar-refractivity contribution in [3.05, 3.63) is 81.9 Å². The lowest BCUT2D eigenvalue weighted by Crippen LogP contribution is -2.42. The molecule has 35 heavy (non-hydrogen) atoms. The number of rotatable bonds is 6. The Labute approximate surface area is 217 Å². The highest BCUT2D eigenvalue weighted by molar-refractivity contribution is 7.80. The number of hydrogen-bond donors (Lipinski definition) is 1. The molecule has 1 aromatic carbocycles. The predicted molar refractivity (Wildman–Crippen MR) is 144 cm³/mol. The van der Waals surface area contributed by atoms with Crippen LogP contribution in [-0.4, -0.2) is 63.9 Å². The van der Waals surface area contributed by atoms with E-state index in [2.05, 4.69) is 58.7 Å². The molecular formula is C27H32ClN5OS. The SMILES string of the molecule is Cc1ccc(Cl)cc1-n1c(C)cc(C2C(c3ccccn3)NC(=S)N2CCN2CCOCC2)c1C. The number of pyridine rings is 1. The summed E-state index contributed by atoms with van der Waals surface area (Å²) >= 11 is 12.3. The molecule has 3 aromatic rings. The Balaban J connectivity index is 1.55. The molecule has 0 aliphatic carbocycles. The zero-order chi connectivity index (χ0) is 24.5. The Morgan fingerprint density at radius 2 is 1.89 bits per heavy atom. The maximum atomic E-state index is 6.40. The van der Waals surface area contributed by atoms with Gasteiger partial charge in [0.2, 0.25) is 0 Å². The molecular weight excluding hydrogens is 478 g/mol. The average molecular weight is 510 g/mol. The van der Waals surface area contributed by atoms with Gasteiger partial charge in [0, 0.05) is 54.5 Å². The molecule has 0 saturated carbocycles. The second kappa shape index (κ2) is 10.3. The van der Waals surface area contributed by atoms with Crippen LogP contribution < -0.4 is 5.32 Å².